The van der Waals surface area contributed by atoms with E-state index >= 15 is 0 Å². The summed E-state index contributed by atoms with van der Waals surface area (Å²) in [5.74, 6) is 0.480. The maximum absolute atomic E-state index is 5.99. The smallest absolute Gasteiger partial charge is 0.140 e. The average Bonchev–Trinajstić information content (AvgIpc) is 2.80. The van der Waals surface area contributed by atoms with Crippen LogP contribution in [-0.4, -0.2) is 4.98 Å². The minimum Gasteiger partial charge on any atom is -0.486 e. The van der Waals surface area contributed by atoms with Gasteiger partial charge in [0.2, 0.25) is 0 Å². The van der Waals surface area contributed by atoms with Crippen LogP contribution in [-0.2, 0) is 13.2 Å². The van der Waals surface area contributed by atoms with E-state index in [1.54, 1.807) is 12.1 Å². The molecule has 0 fully saturated rings. The molecule has 0 aliphatic rings. The first-order chi connectivity index (χ1) is 8.60. The maximum Gasteiger partial charge on any atom is 0.140 e. The summed E-state index contributed by atoms with van der Waals surface area (Å²) in [6.45, 7) is 0.742. The predicted molar refractivity (Wildman–Crippen MR) is 75.8 cm³/mol. The van der Waals surface area contributed by atoms with Gasteiger partial charge >= 0.3 is 0 Å². The Morgan fingerprint density at radius 1 is 1.17 bits per heavy atom. The lowest BCUT2D eigenvalue weighted by molar-refractivity contribution is 0.302. The van der Waals surface area contributed by atoms with Gasteiger partial charge in [-0.1, -0.05) is 34.8 Å². The Hall–Kier alpha value is -0.520. The standard InChI is InChI=1S/C11H9Cl3N2OS/c12-7-1-9(14)10(2-8(7)13)17-4-6-5-18-11(3-15)16-6/h1-2,5H,3-4,15H2. The number of hydrogen-bond donors (Lipinski definition) is 1. The number of thiazole rings is 1. The van der Waals surface area contributed by atoms with Crippen molar-refractivity contribution in [2.75, 3.05) is 0 Å². The molecule has 3 nitrogen and oxygen atoms in total. The molecular formula is C11H9Cl3N2OS. The average molecular weight is 324 g/mol. The van der Waals surface area contributed by atoms with Crippen LogP contribution in [0.3, 0.4) is 0 Å². The lowest BCUT2D eigenvalue weighted by atomic mass is 10.3. The normalized spacial score (nSPS) is 10.7. The second kappa shape index (κ2) is 6.08. The number of nitrogens with zero attached hydrogens (tertiary/aromatic N) is 1. The van der Waals surface area contributed by atoms with E-state index in [0.717, 1.165) is 10.7 Å². The van der Waals surface area contributed by atoms with Gasteiger partial charge in [-0.2, -0.15) is 0 Å². The number of rotatable bonds is 4. The Labute approximate surface area is 123 Å². The van der Waals surface area contributed by atoms with E-state index < -0.39 is 0 Å². The summed E-state index contributed by atoms with van der Waals surface area (Å²) >= 11 is 19.2. The third-order valence-corrected chi connectivity index (χ3v) is 4.06. The topological polar surface area (TPSA) is 48.1 Å². The monoisotopic (exact) mass is 322 g/mol. The minimum atomic E-state index is 0.314. The zero-order valence-corrected chi connectivity index (χ0v) is 12.2. The molecule has 7 heteroatoms. The Bertz CT molecular complexity index is 559. The van der Waals surface area contributed by atoms with Crippen LogP contribution in [0.4, 0.5) is 0 Å². The lowest BCUT2D eigenvalue weighted by Crippen LogP contribution is -1.99. The summed E-state index contributed by atoms with van der Waals surface area (Å²) in [6.07, 6.45) is 0. The molecule has 2 rings (SSSR count). The molecule has 0 amide bonds. The van der Waals surface area contributed by atoms with Gasteiger partial charge in [0.15, 0.2) is 0 Å². The van der Waals surface area contributed by atoms with Gasteiger partial charge in [0.25, 0.3) is 0 Å². The molecule has 1 aromatic heterocycles. The molecule has 1 heterocycles. The van der Waals surface area contributed by atoms with Crippen molar-refractivity contribution in [2.45, 2.75) is 13.2 Å². The highest BCUT2D eigenvalue weighted by Gasteiger charge is 2.08. The van der Waals surface area contributed by atoms with Gasteiger partial charge in [0.05, 0.1) is 20.8 Å². The van der Waals surface area contributed by atoms with Gasteiger partial charge in [0, 0.05) is 18.0 Å². The van der Waals surface area contributed by atoms with Crippen molar-refractivity contribution in [1.82, 2.24) is 4.98 Å². The van der Waals surface area contributed by atoms with Crippen LogP contribution >= 0.6 is 46.1 Å². The third kappa shape index (κ3) is 3.28. The van der Waals surface area contributed by atoms with Crippen LogP contribution in [0.1, 0.15) is 10.7 Å². The lowest BCUT2D eigenvalue weighted by Gasteiger charge is -2.07. The van der Waals surface area contributed by atoms with Gasteiger partial charge < -0.3 is 10.5 Å². The molecule has 2 aromatic rings. The van der Waals surface area contributed by atoms with Crippen LogP contribution in [0, 0.1) is 0 Å². The summed E-state index contributed by atoms with van der Waals surface area (Å²) in [6, 6.07) is 3.13. The van der Waals surface area contributed by atoms with Gasteiger partial charge in [-0.3, -0.25) is 0 Å². The Balaban J connectivity index is 2.08. The highest BCUT2D eigenvalue weighted by atomic mass is 35.5. The van der Waals surface area contributed by atoms with Crippen molar-refractivity contribution in [3.63, 3.8) is 0 Å². The summed E-state index contributed by atoms with van der Waals surface area (Å²) in [4.78, 5) is 4.28. The Kier molecular flexibility index (Phi) is 4.70. The van der Waals surface area contributed by atoms with E-state index in [1.165, 1.54) is 11.3 Å². The van der Waals surface area contributed by atoms with Crippen LogP contribution in [0.5, 0.6) is 5.75 Å². The van der Waals surface area contributed by atoms with E-state index in [4.69, 9.17) is 45.3 Å². The van der Waals surface area contributed by atoms with Crippen molar-refractivity contribution >= 4 is 46.1 Å². The van der Waals surface area contributed by atoms with E-state index in [9.17, 15) is 0 Å². The number of ether oxygens (including phenoxy) is 1. The predicted octanol–water partition coefficient (Wildman–Crippen LogP) is 4.14. The third-order valence-electron chi connectivity index (χ3n) is 2.12. The first kappa shape index (κ1) is 13.9. The number of aromatic nitrogens is 1. The molecule has 0 saturated heterocycles. The zero-order chi connectivity index (χ0) is 13.1. The first-order valence-corrected chi connectivity index (χ1v) is 7.02. The largest absolute Gasteiger partial charge is 0.486 e. The molecule has 0 spiro atoms. The summed E-state index contributed by atoms with van der Waals surface area (Å²) in [5, 5.41) is 3.98. The van der Waals surface area contributed by atoms with Crippen molar-refractivity contribution in [2.24, 2.45) is 5.73 Å². The molecule has 1 aromatic carbocycles. The highest BCUT2D eigenvalue weighted by Crippen LogP contribution is 2.34. The molecular weight excluding hydrogens is 315 g/mol. The fourth-order valence-electron chi connectivity index (χ4n) is 1.28. The van der Waals surface area contributed by atoms with Gasteiger partial charge in [-0.05, 0) is 6.07 Å². The molecule has 0 saturated carbocycles. The molecule has 0 atom stereocenters. The first-order valence-electron chi connectivity index (χ1n) is 5.01. The molecule has 0 unspecified atom stereocenters. The minimum absolute atomic E-state index is 0.314. The van der Waals surface area contributed by atoms with Crippen molar-refractivity contribution in [3.05, 3.63) is 43.3 Å². The SMILES string of the molecule is NCc1nc(COc2cc(Cl)c(Cl)cc2Cl)cs1. The van der Waals surface area contributed by atoms with E-state index in [1.807, 2.05) is 5.38 Å². The molecule has 2 N–H and O–H groups in total. The zero-order valence-electron chi connectivity index (χ0n) is 9.12. The fourth-order valence-corrected chi connectivity index (χ4v) is 2.53. The molecule has 0 radical (unpaired) electrons. The Morgan fingerprint density at radius 2 is 1.89 bits per heavy atom. The van der Waals surface area contributed by atoms with Crippen molar-refractivity contribution < 1.29 is 4.74 Å². The van der Waals surface area contributed by atoms with Gasteiger partial charge in [0.1, 0.15) is 17.4 Å². The number of hydrogen-bond acceptors (Lipinski definition) is 4. The Morgan fingerprint density at radius 3 is 2.56 bits per heavy atom. The van der Waals surface area contributed by atoms with Crippen LogP contribution in [0.2, 0.25) is 15.1 Å². The second-order valence-electron chi connectivity index (χ2n) is 3.42. The van der Waals surface area contributed by atoms with Gasteiger partial charge in [-0.15, -0.1) is 11.3 Å². The molecule has 0 aliphatic carbocycles. The number of nitrogens with two attached hydrogens (primary N) is 1. The van der Waals surface area contributed by atoms with Crippen molar-refractivity contribution in [1.29, 1.82) is 0 Å². The van der Waals surface area contributed by atoms with Crippen LogP contribution in [0.25, 0.3) is 0 Å². The molecule has 0 aliphatic heterocycles. The van der Waals surface area contributed by atoms with Crippen molar-refractivity contribution in [3.8, 4) is 5.75 Å². The summed E-state index contributed by atoms with van der Waals surface area (Å²) < 4.78 is 5.54. The fraction of sp³-hybridized carbons (Fsp3) is 0.182. The number of benzene rings is 1. The van der Waals surface area contributed by atoms with E-state index in [0.29, 0.717) is 34.0 Å². The summed E-state index contributed by atoms with van der Waals surface area (Å²) in [7, 11) is 0. The molecule has 0 bridgehead atoms. The van der Waals surface area contributed by atoms with Gasteiger partial charge in [-0.25, -0.2) is 4.98 Å². The van der Waals surface area contributed by atoms with Crippen LogP contribution < -0.4 is 10.5 Å². The van der Waals surface area contributed by atoms with Crippen LogP contribution in [0.15, 0.2) is 17.5 Å². The summed E-state index contributed by atoms with van der Waals surface area (Å²) in [5.41, 5.74) is 6.29. The van der Waals surface area contributed by atoms with E-state index in [-0.39, 0.29) is 0 Å². The second-order valence-corrected chi connectivity index (χ2v) is 5.59. The quantitative estimate of drug-likeness (QED) is 0.860. The molecule has 96 valence electrons. The number of halogens is 3. The maximum atomic E-state index is 5.99. The highest BCUT2D eigenvalue weighted by molar-refractivity contribution is 7.09. The molecule has 18 heavy (non-hydrogen) atoms. The van der Waals surface area contributed by atoms with E-state index in [2.05, 4.69) is 4.98 Å².